The van der Waals surface area contributed by atoms with Gasteiger partial charge in [-0.05, 0) is 36.9 Å². The van der Waals surface area contributed by atoms with Gasteiger partial charge in [-0.25, -0.2) is 0 Å². The highest BCUT2D eigenvalue weighted by Gasteiger charge is 2.31. The first-order valence-corrected chi connectivity index (χ1v) is 8.47. The number of thioether (sulfide) groups is 1. The minimum absolute atomic E-state index is 0.264. The fourth-order valence-electron chi connectivity index (χ4n) is 3.12. The summed E-state index contributed by atoms with van der Waals surface area (Å²) in [6.07, 6.45) is 3.58. The van der Waals surface area contributed by atoms with E-state index in [0.717, 1.165) is 12.3 Å². The van der Waals surface area contributed by atoms with Crippen LogP contribution in [-0.4, -0.2) is 41.1 Å². The minimum Gasteiger partial charge on any atom is -0.387 e. The van der Waals surface area contributed by atoms with Crippen molar-refractivity contribution in [3.63, 3.8) is 0 Å². The van der Waals surface area contributed by atoms with E-state index in [1.807, 2.05) is 11.8 Å². The first-order chi connectivity index (χ1) is 9.27. The first kappa shape index (κ1) is 13.5. The third-order valence-corrected chi connectivity index (χ3v) is 5.72. The van der Waals surface area contributed by atoms with Crippen LogP contribution >= 0.6 is 11.8 Å². The van der Waals surface area contributed by atoms with Crippen LogP contribution in [0.3, 0.4) is 0 Å². The van der Waals surface area contributed by atoms with Gasteiger partial charge in [-0.3, -0.25) is 4.90 Å². The SMILES string of the molecule is CN1CCSCC1C(O)c1ccccc1C1CCC1. The molecule has 1 aliphatic heterocycles. The van der Waals surface area contributed by atoms with Gasteiger partial charge in [-0.1, -0.05) is 30.7 Å². The van der Waals surface area contributed by atoms with Gasteiger partial charge in [0, 0.05) is 24.1 Å². The Labute approximate surface area is 120 Å². The third-order valence-electron chi connectivity index (χ3n) is 4.67. The predicted molar refractivity (Wildman–Crippen MR) is 81.7 cm³/mol. The van der Waals surface area contributed by atoms with Crippen molar-refractivity contribution in [3.8, 4) is 0 Å². The summed E-state index contributed by atoms with van der Waals surface area (Å²) in [5.41, 5.74) is 2.57. The third kappa shape index (κ3) is 2.69. The Kier molecular flexibility index (Phi) is 4.15. The van der Waals surface area contributed by atoms with E-state index in [9.17, 15) is 5.11 Å². The van der Waals surface area contributed by atoms with Crippen molar-refractivity contribution < 1.29 is 5.11 Å². The number of likely N-dealkylation sites (N-methyl/N-ethyl adjacent to an activating group) is 1. The van der Waals surface area contributed by atoms with Gasteiger partial charge in [-0.15, -0.1) is 0 Å². The van der Waals surface area contributed by atoms with Crippen molar-refractivity contribution in [2.24, 2.45) is 0 Å². The van der Waals surface area contributed by atoms with Gasteiger partial charge < -0.3 is 5.11 Å². The second-order valence-electron chi connectivity index (χ2n) is 5.82. The lowest BCUT2D eigenvalue weighted by Gasteiger charge is -2.37. The van der Waals surface area contributed by atoms with E-state index in [2.05, 4.69) is 36.2 Å². The quantitative estimate of drug-likeness (QED) is 0.918. The smallest absolute Gasteiger partial charge is 0.0955 e. The number of hydrogen-bond acceptors (Lipinski definition) is 3. The van der Waals surface area contributed by atoms with Gasteiger partial charge >= 0.3 is 0 Å². The molecule has 0 amide bonds. The Morgan fingerprint density at radius 3 is 2.79 bits per heavy atom. The molecule has 0 bridgehead atoms. The maximum absolute atomic E-state index is 10.8. The van der Waals surface area contributed by atoms with Crippen LogP contribution < -0.4 is 0 Å². The number of aliphatic hydroxyl groups is 1. The van der Waals surface area contributed by atoms with Crippen molar-refractivity contribution in [1.82, 2.24) is 4.90 Å². The zero-order valence-electron chi connectivity index (χ0n) is 11.6. The highest BCUT2D eigenvalue weighted by molar-refractivity contribution is 7.99. The molecule has 1 heterocycles. The van der Waals surface area contributed by atoms with Crippen LogP contribution in [0, 0.1) is 0 Å². The summed E-state index contributed by atoms with van der Waals surface area (Å²) in [6.45, 7) is 1.08. The normalized spacial score (nSPS) is 26.9. The lowest BCUT2D eigenvalue weighted by atomic mass is 9.77. The molecule has 2 fully saturated rings. The van der Waals surface area contributed by atoms with E-state index in [1.165, 1.54) is 36.1 Å². The molecule has 3 rings (SSSR count). The number of nitrogens with zero attached hydrogens (tertiary/aromatic N) is 1. The number of aliphatic hydroxyl groups excluding tert-OH is 1. The molecule has 2 unspecified atom stereocenters. The fourth-order valence-corrected chi connectivity index (χ4v) is 4.38. The van der Waals surface area contributed by atoms with Gasteiger partial charge in [0.05, 0.1) is 6.10 Å². The molecule has 1 aliphatic carbocycles. The van der Waals surface area contributed by atoms with Gasteiger partial charge in [0.1, 0.15) is 0 Å². The number of rotatable bonds is 3. The molecule has 1 aromatic rings. The molecule has 3 heteroatoms. The zero-order valence-corrected chi connectivity index (χ0v) is 12.4. The maximum atomic E-state index is 10.8. The van der Waals surface area contributed by atoms with Crippen molar-refractivity contribution in [3.05, 3.63) is 35.4 Å². The number of hydrogen-bond donors (Lipinski definition) is 1. The molecule has 1 N–H and O–H groups in total. The van der Waals surface area contributed by atoms with E-state index >= 15 is 0 Å². The van der Waals surface area contributed by atoms with E-state index < -0.39 is 0 Å². The summed E-state index contributed by atoms with van der Waals surface area (Å²) in [5.74, 6) is 2.91. The van der Waals surface area contributed by atoms with Gasteiger partial charge in [-0.2, -0.15) is 11.8 Å². The van der Waals surface area contributed by atoms with Gasteiger partial charge in [0.25, 0.3) is 0 Å². The molecular formula is C16H23NOS. The van der Waals surface area contributed by atoms with Crippen LogP contribution in [0.15, 0.2) is 24.3 Å². The molecule has 1 saturated heterocycles. The summed E-state index contributed by atoms with van der Waals surface area (Å²) in [6, 6.07) is 8.80. The monoisotopic (exact) mass is 277 g/mol. The molecule has 2 aliphatic rings. The molecule has 2 atom stereocenters. The number of benzene rings is 1. The average Bonchev–Trinajstić information content (AvgIpc) is 2.37. The average molecular weight is 277 g/mol. The largest absolute Gasteiger partial charge is 0.387 e. The molecule has 0 aromatic heterocycles. The van der Waals surface area contributed by atoms with E-state index in [-0.39, 0.29) is 12.1 Å². The Bertz CT molecular complexity index is 433. The van der Waals surface area contributed by atoms with Crippen LogP contribution in [-0.2, 0) is 0 Å². The van der Waals surface area contributed by atoms with Crippen LogP contribution in [0.25, 0.3) is 0 Å². The molecule has 104 valence electrons. The topological polar surface area (TPSA) is 23.5 Å². The van der Waals surface area contributed by atoms with Gasteiger partial charge in [0.2, 0.25) is 0 Å². The second kappa shape index (κ2) is 5.86. The maximum Gasteiger partial charge on any atom is 0.0955 e. The lowest BCUT2D eigenvalue weighted by molar-refractivity contribution is 0.0745. The van der Waals surface area contributed by atoms with Crippen molar-refractivity contribution in [2.45, 2.75) is 37.3 Å². The highest BCUT2D eigenvalue weighted by atomic mass is 32.2. The molecule has 1 saturated carbocycles. The predicted octanol–water partition coefficient (Wildman–Crippen LogP) is 3.03. The second-order valence-corrected chi connectivity index (χ2v) is 6.97. The molecule has 1 aromatic carbocycles. The van der Waals surface area contributed by atoms with E-state index in [1.54, 1.807) is 0 Å². The van der Waals surface area contributed by atoms with Crippen LogP contribution in [0.1, 0.15) is 42.4 Å². The minimum atomic E-state index is -0.338. The summed E-state index contributed by atoms with van der Waals surface area (Å²) >= 11 is 1.96. The molecule has 0 spiro atoms. The lowest BCUT2D eigenvalue weighted by Crippen LogP contribution is -2.43. The van der Waals surface area contributed by atoms with Crippen LogP contribution in [0.2, 0.25) is 0 Å². The van der Waals surface area contributed by atoms with Crippen LogP contribution in [0.5, 0.6) is 0 Å². The van der Waals surface area contributed by atoms with Gasteiger partial charge in [0.15, 0.2) is 0 Å². The van der Waals surface area contributed by atoms with Crippen molar-refractivity contribution in [1.29, 1.82) is 0 Å². The fraction of sp³-hybridized carbons (Fsp3) is 0.625. The Morgan fingerprint density at radius 1 is 1.32 bits per heavy atom. The molecule has 0 radical (unpaired) electrons. The van der Waals surface area contributed by atoms with E-state index in [4.69, 9.17) is 0 Å². The van der Waals surface area contributed by atoms with Crippen molar-refractivity contribution in [2.75, 3.05) is 25.1 Å². The van der Waals surface area contributed by atoms with E-state index in [0.29, 0.717) is 5.92 Å². The molecular weight excluding hydrogens is 254 g/mol. The Hall–Kier alpha value is -0.510. The Morgan fingerprint density at radius 2 is 2.11 bits per heavy atom. The zero-order chi connectivity index (χ0) is 13.2. The summed E-state index contributed by atoms with van der Waals surface area (Å²) in [7, 11) is 2.14. The van der Waals surface area contributed by atoms with Crippen molar-refractivity contribution >= 4 is 11.8 Å². The first-order valence-electron chi connectivity index (χ1n) is 7.32. The van der Waals surface area contributed by atoms with Crippen LogP contribution in [0.4, 0.5) is 0 Å². The standard InChI is InChI=1S/C16H23NOS/c1-17-9-10-19-11-15(17)16(18)14-8-3-2-7-13(14)12-5-4-6-12/h2-3,7-8,12,15-16,18H,4-6,9-11H2,1H3. The molecule has 2 nitrogen and oxygen atoms in total. The molecule has 19 heavy (non-hydrogen) atoms. The summed E-state index contributed by atoms with van der Waals surface area (Å²) < 4.78 is 0. The highest BCUT2D eigenvalue weighted by Crippen LogP contribution is 2.40. The summed E-state index contributed by atoms with van der Waals surface area (Å²) in [4.78, 5) is 2.32. The Balaban J connectivity index is 1.84. The summed E-state index contributed by atoms with van der Waals surface area (Å²) in [5, 5.41) is 10.8.